The van der Waals surface area contributed by atoms with Crippen molar-refractivity contribution in [2.24, 2.45) is 0 Å². The normalized spacial score (nSPS) is 14.2. The lowest BCUT2D eigenvalue weighted by molar-refractivity contribution is 0.0696. The van der Waals surface area contributed by atoms with E-state index >= 15 is 0 Å². The summed E-state index contributed by atoms with van der Waals surface area (Å²) in [6.07, 6.45) is 2.23. The van der Waals surface area contributed by atoms with Gasteiger partial charge in [0, 0.05) is 12.0 Å². The van der Waals surface area contributed by atoms with Gasteiger partial charge in [-0.15, -0.1) is 0 Å². The third kappa shape index (κ3) is 1.91. The Morgan fingerprint density at radius 2 is 2.15 bits per heavy atom. The number of aromatic carboxylic acids is 1. The third-order valence-corrected chi connectivity index (χ3v) is 3.62. The number of carbonyl (C=O) groups is 2. The Morgan fingerprint density at radius 1 is 1.35 bits per heavy atom. The van der Waals surface area contributed by atoms with Crippen molar-refractivity contribution in [3.63, 3.8) is 0 Å². The maximum Gasteiger partial charge on any atom is 0.335 e. The Labute approximate surface area is 115 Å². The van der Waals surface area contributed by atoms with E-state index in [1.807, 2.05) is 6.92 Å². The highest BCUT2D eigenvalue weighted by atomic mass is 16.4. The quantitative estimate of drug-likeness (QED) is 0.909. The topological polar surface area (TPSA) is 72.2 Å². The van der Waals surface area contributed by atoms with Gasteiger partial charge in [-0.2, -0.15) is 5.10 Å². The number of rotatable bonds is 2. The second kappa shape index (κ2) is 4.59. The predicted octanol–water partition coefficient (Wildman–Crippen LogP) is 2.40. The van der Waals surface area contributed by atoms with E-state index in [2.05, 4.69) is 5.10 Å². The molecular weight excluding hydrogens is 256 g/mol. The number of nitrogens with zero attached hydrogens (tertiary/aromatic N) is 2. The molecule has 0 aliphatic heterocycles. The van der Waals surface area contributed by atoms with Crippen LogP contribution in [0, 0.1) is 6.92 Å². The van der Waals surface area contributed by atoms with Crippen molar-refractivity contribution in [2.75, 3.05) is 0 Å². The van der Waals surface area contributed by atoms with E-state index in [0.29, 0.717) is 17.8 Å². The zero-order valence-corrected chi connectivity index (χ0v) is 11.1. The molecule has 0 unspecified atom stereocenters. The maximum atomic E-state index is 12.1. The van der Waals surface area contributed by atoms with Crippen LogP contribution in [0.3, 0.4) is 0 Å². The lowest BCUT2D eigenvalue weighted by Crippen LogP contribution is -2.15. The van der Waals surface area contributed by atoms with Crippen molar-refractivity contribution < 1.29 is 14.7 Å². The standard InChI is InChI=1S/C15H14N2O3/c1-9-12-6-3-7-13(18)14(12)17(16-9)11-5-2-4-10(8-11)15(19)20/h2,4-5,8H,3,6-7H2,1H3,(H,19,20). The molecule has 1 heterocycles. The maximum absolute atomic E-state index is 12.1. The number of hydrogen-bond donors (Lipinski definition) is 1. The molecule has 102 valence electrons. The number of carbonyl (C=O) groups excluding carboxylic acids is 1. The number of carboxylic acids is 1. The van der Waals surface area contributed by atoms with Gasteiger partial charge < -0.3 is 5.11 Å². The number of aromatic nitrogens is 2. The molecule has 5 heteroatoms. The Balaban J connectivity index is 2.18. The molecule has 20 heavy (non-hydrogen) atoms. The van der Waals surface area contributed by atoms with Gasteiger partial charge in [-0.05, 0) is 38.0 Å². The van der Waals surface area contributed by atoms with E-state index in [9.17, 15) is 9.59 Å². The van der Waals surface area contributed by atoms with E-state index < -0.39 is 5.97 Å². The van der Waals surface area contributed by atoms with Crippen LogP contribution in [0.2, 0.25) is 0 Å². The van der Waals surface area contributed by atoms with E-state index in [1.165, 1.54) is 12.1 Å². The minimum absolute atomic E-state index is 0.0765. The first kappa shape index (κ1) is 12.6. The zero-order chi connectivity index (χ0) is 14.3. The second-order valence-electron chi connectivity index (χ2n) is 4.96. The van der Waals surface area contributed by atoms with Crippen molar-refractivity contribution in [1.29, 1.82) is 0 Å². The van der Waals surface area contributed by atoms with Gasteiger partial charge in [-0.25, -0.2) is 9.48 Å². The number of fused-ring (bicyclic) bond motifs is 1. The molecule has 1 aliphatic carbocycles. The average molecular weight is 270 g/mol. The summed E-state index contributed by atoms with van der Waals surface area (Å²) in [7, 11) is 0. The highest BCUT2D eigenvalue weighted by Crippen LogP contribution is 2.26. The number of hydrogen-bond acceptors (Lipinski definition) is 3. The monoisotopic (exact) mass is 270 g/mol. The summed E-state index contributed by atoms with van der Waals surface area (Å²) in [5, 5.41) is 13.5. The van der Waals surface area contributed by atoms with Gasteiger partial charge in [0.2, 0.25) is 0 Å². The summed E-state index contributed by atoms with van der Waals surface area (Å²) >= 11 is 0. The van der Waals surface area contributed by atoms with Gasteiger partial charge in [0.05, 0.1) is 16.9 Å². The van der Waals surface area contributed by atoms with E-state index in [0.717, 1.165) is 24.1 Å². The van der Waals surface area contributed by atoms with Gasteiger partial charge in [0.25, 0.3) is 0 Å². The summed E-state index contributed by atoms with van der Waals surface area (Å²) in [5.74, 6) is -0.913. The Bertz CT molecular complexity index is 716. The fourth-order valence-corrected chi connectivity index (χ4v) is 2.65. The Morgan fingerprint density at radius 3 is 2.90 bits per heavy atom. The van der Waals surface area contributed by atoms with Crippen LogP contribution < -0.4 is 0 Å². The van der Waals surface area contributed by atoms with Crippen LogP contribution in [0.25, 0.3) is 5.69 Å². The molecule has 5 nitrogen and oxygen atoms in total. The van der Waals surface area contributed by atoms with Crippen molar-refractivity contribution in [2.45, 2.75) is 26.2 Å². The number of carboxylic acid groups (broad SMARTS) is 1. The molecule has 0 atom stereocenters. The molecule has 1 aromatic heterocycles. The molecule has 0 radical (unpaired) electrons. The third-order valence-electron chi connectivity index (χ3n) is 3.62. The van der Waals surface area contributed by atoms with Crippen LogP contribution in [-0.4, -0.2) is 26.6 Å². The fraction of sp³-hybridized carbons (Fsp3) is 0.267. The molecule has 0 fully saturated rings. The number of ketones is 1. The molecule has 1 aromatic carbocycles. The van der Waals surface area contributed by atoms with Crippen LogP contribution >= 0.6 is 0 Å². The lowest BCUT2D eigenvalue weighted by atomic mass is 9.95. The zero-order valence-electron chi connectivity index (χ0n) is 11.1. The van der Waals surface area contributed by atoms with Crippen molar-refractivity contribution >= 4 is 11.8 Å². The van der Waals surface area contributed by atoms with Gasteiger partial charge >= 0.3 is 5.97 Å². The van der Waals surface area contributed by atoms with Crippen molar-refractivity contribution in [1.82, 2.24) is 9.78 Å². The summed E-state index contributed by atoms with van der Waals surface area (Å²) in [4.78, 5) is 23.2. The molecule has 0 saturated carbocycles. The van der Waals surface area contributed by atoms with Crippen LogP contribution in [0.4, 0.5) is 0 Å². The van der Waals surface area contributed by atoms with Gasteiger partial charge in [0.15, 0.2) is 5.78 Å². The van der Waals surface area contributed by atoms with Crippen LogP contribution in [-0.2, 0) is 6.42 Å². The van der Waals surface area contributed by atoms with Crippen LogP contribution in [0.1, 0.15) is 44.9 Å². The van der Waals surface area contributed by atoms with Crippen molar-refractivity contribution in [3.05, 3.63) is 46.8 Å². The first-order valence-corrected chi connectivity index (χ1v) is 6.53. The van der Waals surface area contributed by atoms with Gasteiger partial charge in [-0.1, -0.05) is 6.07 Å². The molecule has 0 spiro atoms. The molecule has 2 aromatic rings. The smallest absolute Gasteiger partial charge is 0.335 e. The van der Waals surface area contributed by atoms with Crippen LogP contribution in [0.5, 0.6) is 0 Å². The molecule has 3 rings (SSSR count). The summed E-state index contributed by atoms with van der Waals surface area (Å²) in [6.45, 7) is 1.88. The molecule has 0 saturated heterocycles. The first-order valence-electron chi connectivity index (χ1n) is 6.53. The number of aryl methyl sites for hydroxylation is 1. The Kier molecular flexibility index (Phi) is 2.89. The largest absolute Gasteiger partial charge is 0.478 e. The molecule has 1 aliphatic rings. The highest BCUT2D eigenvalue weighted by molar-refractivity contribution is 5.97. The summed E-state index contributed by atoms with van der Waals surface area (Å²) in [5.41, 5.74) is 3.24. The molecular formula is C15H14N2O3. The van der Waals surface area contributed by atoms with Gasteiger partial charge in [-0.3, -0.25) is 4.79 Å². The summed E-state index contributed by atoms with van der Waals surface area (Å²) in [6, 6.07) is 6.49. The predicted molar refractivity (Wildman–Crippen MR) is 72.5 cm³/mol. The summed E-state index contributed by atoms with van der Waals surface area (Å²) < 4.78 is 1.58. The van der Waals surface area contributed by atoms with E-state index in [4.69, 9.17) is 5.11 Å². The van der Waals surface area contributed by atoms with E-state index in [-0.39, 0.29) is 11.3 Å². The molecule has 1 N–H and O–H groups in total. The van der Waals surface area contributed by atoms with Crippen molar-refractivity contribution in [3.8, 4) is 5.69 Å². The fourth-order valence-electron chi connectivity index (χ4n) is 2.65. The Hall–Kier alpha value is -2.43. The average Bonchev–Trinajstić information content (AvgIpc) is 2.78. The minimum atomic E-state index is -0.990. The number of benzene rings is 1. The molecule has 0 bridgehead atoms. The second-order valence-corrected chi connectivity index (χ2v) is 4.96. The van der Waals surface area contributed by atoms with Gasteiger partial charge in [0.1, 0.15) is 5.69 Å². The minimum Gasteiger partial charge on any atom is -0.478 e. The van der Waals surface area contributed by atoms with Crippen LogP contribution in [0.15, 0.2) is 24.3 Å². The first-order chi connectivity index (χ1) is 9.58. The molecule has 0 amide bonds. The SMILES string of the molecule is Cc1nn(-c2cccc(C(=O)O)c2)c2c1CCCC2=O. The highest BCUT2D eigenvalue weighted by Gasteiger charge is 2.25. The van der Waals surface area contributed by atoms with E-state index in [1.54, 1.807) is 16.8 Å². The number of Topliss-reactive ketones (excluding diaryl/α,β-unsaturated/α-hetero) is 1. The lowest BCUT2D eigenvalue weighted by Gasteiger charge is -2.13.